The van der Waals surface area contributed by atoms with Crippen LogP contribution in [-0.2, 0) is 21.7 Å². The first-order valence-corrected chi connectivity index (χ1v) is 9.81. The molecule has 0 bridgehead atoms. The summed E-state index contributed by atoms with van der Waals surface area (Å²) in [6.07, 6.45) is 9.86. The number of nitrogens with zero attached hydrogens (tertiary/aromatic N) is 1. The van der Waals surface area contributed by atoms with E-state index in [-0.39, 0.29) is 52.4 Å². The van der Waals surface area contributed by atoms with Crippen molar-refractivity contribution in [3.05, 3.63) is 59.7 Å². The zero-order valence-electron chi connectivity index (χ0n) is 14.6. The van der Waals surface area contributed by atoms with Crippen molar-refractivity contribution in [1.82, 2.24) is 0 Å². The van der Waals surface area contributed by atoms with Crippen molar-refractivity contribution in [2.45, 2.75) is 39.8 Å². The van der Waals surface area contributed by atoms with Crippen molar-refractivity contribution < 1.29 is 51.3 Å². The molecule has 2 nitrogen and oxygen atoms in total. The SMILES string of the molecule is CC(C)CC1=[C-]CC=C1.C[Si](C)=NC(=O)c1ccccc1.[Cl-].[Cl-].[Ti+3]. The average molecular weight is 417 g/mol. The van der Waals surface area contributed by atoms with Crippen LogP contribution in [0.4, 0.5) is 0 Å². The monoisotopic (exact) mass is 416 g/mol. The summed E-state index contributed by atoms with van der Waals surface area (Å²) in [6, 6.07) is 9.16. The number of halogens is 2. The average Bonchev–Trinajstić information content (AvgIpc) is 2.92. The van der Waals surface area contributed by atoms with E-state index in [0.717, 1.165) is 12.3 Å². The van der Waals surface area contributed by atoms with Gasteiger partial charge >= 0.3 is 21.7 Å². The fourth-order valence-corrected chi connectivity index (χ4v) is 2.41. The van der Waals surface area contributed by atoms with Gasteiger partial charge in [0.15, 0.2) is 0 Å². The molecule has 0 aromatic heterocycles. The van der Waals surface area contributed by atoms with Crippen molar-refractivity contribution in [2.24, 2.45) is 10.6 Å². The Hall–Kier alpha value is -0.319. The van der Waals surface area contributed by atoms with Crippen LogP contribution in [0.3, 0.4) is 0 Å². The van der Waals surface area contributed by atoms with Gasteiger partial charge in [0.2, 0.25) is 0 Å². The third-order valence-electron chi connectivity index (χ3n) is 2.74. The molecule has 0 saturated heterocycles. The van der Waals surface area contributed by atoms with Crippen LogP contribution in [0.15, 0.2) is 52.7 Å². The van der Waals surface area contributed by atoms with Crippen LogP contribution in [0, 0.1) is 12.0 Å². The first kappa shape index (κ1) is 28.5. The summed E-state index contributed by atoms with van der Waals surface area (Å²) in [5.74, 6) is 0.685. The molecule has 0 aliphatic heterocycles. The number of carbonyl (C=O) groups excluding carboxylic acids is 1. The molecule has 1 aliphatic rings. The summed E-state index contributed by atoms with van der Waals surface area (Å²) in [6.45, 7) is 8.46. The predicted octanol–water partition coefficient (Wildman–Crippen LogP) is -0.926. The standard InChI is InChI=1S/C9H11NOSi.C9H13.2ClH.Ti/c1-12(2)10-9(11)8-6-4-3-5-7-8;1-8(2)7-9-5-3-4-6-9;;;/h3-7H,1-2H3;3,5,8H,4,7H2,1-2H3;2*1H;/q;-1;;;+3/p-2. The topological polar surface area (TPSA) is 29.4 Å². The summed E-state index contributed by atoms with van der Waals surface area (Å²) >= 11 is 0. The van der Waals surface area contributed by atoms with Gasteiger partial charge in [-0.1, -0.05) is 38.5 Å². The number of rotatable bonds is 3. The number of carbonyl (C=O) groups is 1. The molecule has 0 heterocycles. The molecule has 0 saturated carbocycles. The number of hydrogen-bond acceptors (Lipinski definition) is 1. The molecular weight excluding hydrogens is 393 g/mol. The Bertz CT molecular complexity index is 553. The molecule has 1 amide bonds. The summed E-state index contributed by atoms with van der Waals surface area (Å²) < 4.78 is 4.01. The molecule has 1 radical (unpaired) electrons. The quantitative estimate of drug-likeness (QED) is 0.462. The molecule has 1 aromatic rings. The van der Waals surface area contributed by atoms with E-state index in [1.165, 1.54) is 12.0 Å². The smallest absolute Gasteiger partial charge is 1.00 e. The summed E-state index contributed by atoms with van der Waals surface area (Å²) in [4.78, 5) is 11.3. The van der Waals surface area contributed by atoms with Gasteiger partial charge in [0.1, 0.15) is 8.59 Å². The minimum atomic E-state index is -0.805. The maximum absolute atomic E-state index is 11.3. The number of benzene rings is 1. The van der Waals surface area contributed by atoms with Crippen molar-refractivity contribution in [2.75, 3.05) is 0 Å². The van der Waals surface area contributed by atoms with Crippen LogP contribution >= 0.6 is 0 Å². The Kier molecular flexibility index (Phi) is 19.2. The van der Waals surface area contributed by atoms with Crippen LogP contribution in [-0.4, -0.2) is 14.5 Å². The minimum Gasteiger partial charge on any atom is -1.00 e. The maximum atomic E-state index is 11.3. The second-order valence-electron chi connectivity index (χ2n) is 5.64. The number of amides is 1. The first-order chi connectivity index (χ1) is 9.99. The normalized spacial score (nSPS) is 11.0. The van der Waals surface area contributed by atoms with Crippen LogP contribution < -0.4 is 24.8 Å². The fraction of sp³-hybridized carbons (Fsp3) is 0.389. The molecule has 2 rings (SSSR count). The van der Waals surface area contributed by atoms with Crippen molar-refractivity contribution in [3.8, 4) is 0 Å². The Morgan fingerprint density at radius 1 is 1.21 bits per heavy atom. The minimum absolute atomic E-state index is 0. The molecule has 129 valence electrons. The van der Waals surface area contributed by atoms with Gasteiger partial charge in [0.25, 0.3) is 5.91 Å². The predicted molar refractivity (Wildman–Crippen MR) is 90.7 cm³/mol. The van der Waals surface area contributed by atoms with Gasteiger partial charge in [0, 0.05) is 5.56 Å². The molecule has 0 atom stereocenters. The van der Waals surface area contributed by atoms with E-state index in [9.17, 15) is 4.79 Å². The van der Waals surface area contributed by atoms with Crippen molar-refractivity contribution >= 4 is 14.5 Å². The van der Waals surface area contributed by atoms with E-state index in [2.05, 4.69) is 36.7 Å². The van der Waals surface area contributed by atoms with Gasteiger partial charge in [-0.05, 0) is 31.1 Å². The van der Waals surface area contributed by atoms with E-state index in [4.69, 9.17) is 0 Å². The van der Waals surface area contributed by atoms with E-state index in [0.29, 0.717) is 5.56 Å². The summed E-state index contributed by atoms with van der Waals surface area (Å²) in [7, 11) is -0.805. The first-order valence-electron chi connectivity index (χ1n) is 7.36. The second-order valence-corrected chi connectivity index (χ2v) is 7.75. The molecule has 0 spiro atoms. The zero-order valence-corrected chi connectivity index (χ0v) is 18.7. The maximum Gasteiger partial charge on any atom is 3.00 e. The van der Waals surface area contributed by atoms with Crippen LogP contribution in [0.1, 0.15) is 37.0 Å². The van der Waals surface area contributed by atoms with E-state index >= 15 is 0 Å². The summed E-state index contributed by atoms with van der Waals surface area (Å²) in [5, 5.41) is 0. The van der Waals surface area contributed by atoms with Gasteiger partial charge < -0.3 is 24.8 Å². The molecule has 24 heavy (non-hydrogen) atoms. The van der Waals surface area contributed by atoms with Crippen molar-refractivity contribution in [3.63, 3.8) is 0 Å². The third-order valence-corrected chi connectivity index (χ3v) is 3.39. The Morgan fingerprint density at radius 2 is 1.79 bits per heavy atom. The zero-order chi connectivity index (χ0) is 15.7. The number of allylic oxidation sites excluding steroid dienone is 4. The Balaban J connectivity index is -0.000000336. The molecule has 1 aliphatic carbocycles. The second kappa shape index (κ2) is 16.2. The van der Waals surface area contributed by atoms with Crippen LogP contribution in [0.2, 0.25) is 13.1 Å². The van der Waals surface area contributed by atoms with Crippen LogP contribution in [0.5, 0.6) is 0 Å². The summed E-state index contributed by atoms with van der Waals surface area (Å²) in [5.41, 5.74) is 2.08. The molecule has 0 unspecified atom stereocenters. The third kappa shape index (κ3) is 13.0. The van der Waals surface area contributed by atoms with Crippen LogP contribution in [0.25, 0.3) is 0 Å². The molecular formula is C18H24Cl2NOSiTi. The number of hydrogen-bond donors (Lipinski definition) is 0. The van der Waals surface area contributed by atoms with Crippen molar-refractivity contribution in [1.29, 1.82) is 0 Å². The van der Waals surface area contributed by atoms with Gasteiger partial charge in [-0.15, -0.1) is 6.42 Å². The van der Waals surface area contributed by atoms with Gasteiger partial charge in [-0.2, -0.15) is 6.08 Å². The van der Waals surface area contributed by atoms with E-state index in [1.807, 2.05) is 31.3 Å². The van der Waals surface area contributed by atoms with E-state index in [1.54, 1.807) is 12.1 Å². The van der Waals surface area contributed by atoms with E-state index < -0.39 is 8.59 Å². The molecule has 1 aromatic carbocycles. The molecule has 0 fully saturated rings. The van der Waals surface area contributed by atoms with Gasteiger partial charge in [-0.3, -0.25) is 15.5 Å². The molecule has 0 N–H and O–H groups in total. The molecule has 6 heteroatoms. The fourth-order valence-electron chi connectivity index (χ4n) is 1.88. The Morgan fingerprint density at radius 3 is 2.21 bits per heavy atom. The largest absolute Gasteiger partial charge is 3.00 e. The van der Waals surface area contributed by atoms with Gasteiger partial charge in [-0.25, -0.2) is 11.6 Å². The van der Waals surface area contributed by atoms with Gasteiger partial charge in [0.05, 0.1) is 0 Å². The Labute approximate surface area is 175 Å².